The SMILES string of the molecule is CNC1CCC(NC(=O)C=Cc2cccs2)CC1. The topological polar surface area (TPSA) is 41.1 Å². The van der Waals surface area contributed by atoms with Crippen LogP contribution in [-0.4, -0.2) is 25.0 Å². The maximum Gasteiger partial charge on any atom is 0.244 e. The molecule has 1 fully saturated rings. The Labute approximate surface area is 112 Å². The van der Waals surface area contributed by atoms with E-state index in [4.69, 9.17) is 0 Å². The van der Waals surface area contributed by atoms with Crippen LogP contribution in [0.2, 0.25) is 0 Å². The molecule has 1 aromatic rings. The Morgan fingerprint density at radius 3 is 2.67 bits per heavy atom. The fraction of sp³-hybridized carbons (Fsp3) is 0.500. The number of amides is 1. The van der Waals surface area contributed by atoms with Crippen LogP contribution < -0.4 is 10.6 Å². The zero-order valence-electron chi connectivity index (χ0n) is 10.7. The van der Waals surface area contributed by atoms with Crippen LogP contribution in [0, 0.1) is 0 Å². The second-order valence-electron chi connectivity index (χ2n) is 4.69. The first-order valence-corrected chi connectivity index (χ1v) is 7.35. The lowest BCUT2D eigenvalue weighted by atomic mass is 9.91. The molecule has 2 rings (SSSR count). The molecule has 1 saturated carbocycles. The van der Waals surface area contributed by atoms with E-state index in [2.05, 4.69) is 10.6 Å². The van der Waals surface area contributed by atoms with Gasteiger partial charge in [-0.25, -0.2) is 0 Å². The minimum atomic E-state index is 0.0244. The molecule has 1 amide bonds. The summed E-state index contributed by atoms with van der Waals surface area (Å²) in [6, 6.07) is 4.96. The average Bonchev–Trinajstić information content (AvgIpc) is 2.90. The van der Waals surface area contributed by atoms with Gasteiger partial charge in [-0.3, -0.25) is 4.79 Å². The van der Waals surface area contributed by atoms with E-state index in [1.54, 1.807) is 17.4 Å². The number of thiophene rings is 1. The van der Waals surface area contributed by atoms with Crippen molar-refractivity contribution >= 4 is 23.3 Å². The van der Waals surface area contributed by atoms with E-state index in [1.807, 2.05) is 30.6 Å². The molecule has 1 aliphatic carbocycles. The molecule has 0 aromatic carbocycles. The number of carbonyl (C=O) groups is 1. The molecule has 98 valence electrons. The Kier molecular flexibility index (Phi) is 4.96. The van der Waals surface area contributed by atoms with Gasteiger partial charge < -0.3 is 10.6 Å². The fourth-order valence-electron chi connectivity index (χ4n) is 2.32. The van der Waals surface area contributed by atoms with Crippen molar-refractivity contribution in [1.29, 1.82) is 0 Å². The first-order valence-electron chi connectivity index (χ1n) is 6.47. The van der Waals surface area contributed by atoms with Crippen LogP contribution >= 0.6 is 11.3 Å². The van der Waals surface area contributed by atoms with Crippen molar-refractivity contribution in [2.75, 3.05) is 7.05 Å². The first-order chi connectivity index (χ1) is 8.78. The van der Waals surface area contributed by atoms with Crippen LogP contribution in [0.15, 0.2) is 23.6 Å². The van der Waals surface area contributed by atoms with E-state index in [9.17, 15) is 4.79 Å². The molecule has 18 heavy (non-hydrogen) atoms. The van der Waals surface area contributed by atoms with Gasteiger partial charge in [-0.05, 0) is 50.3 Å². The third kappa shape index (κ3) is 3.96. The number of hydrogen-bond acceptors (Lipinski definition) is 3. The number of rotatable bonds is 4. The average molecular weight is 264 g/mol. The van der Waals surface area contributed by atoms with E-state index in [0.717, 1.165) is 30.6 Å². The highest BCUT2D eigenvalue weighted by Gasteiger charge is 2.20. The molecule has 1 aliphatic rings. The number of nitrogens with one attached hydrogen (secondary N) is 2. The second-order valence-corrected chi connectivity index (χ2v) is 5.67. The Hall–Kier alpha value is -1.13. The van der Waals surface area contributed by atoms with Gasteiger partial charge in [-0.15, -0.1) is 11.3 Å². The largest absolute Gasteiger partial charge is 0.350 e. The molecule has 0 unspecified atom stereocenters. The van der Waals surface area contributed by atoms with Crippen LogP contribution in [-0.2, 0) is 4.79 Å². The van der Waals surface area contributed by atoms with Crippen LogP contribution in [0.5, 0.6) is 0 Å². The standard InChI is InChI=1S/C14H20N2OS/c1-15-11-4-6-12(7-5-11)16-14(17)9-8-13-3-2-10-18-13/h2-3,8-12,15H,4-7H2,1H3,(H,16,17). The van der Waals surface area contributed by atoms with Crippen molar-refractivity contribution in [3.63, 3.8) is 0 Å². The molecule has 0 aliphatic heterocycles. The van der Waals surface area contributed by atoms with Crippen molar-refractivity contribution in [1.82, 2.24) is 10.6 Å². The van der Waals surface area contributed by atoms with Gasteiger partial charge in [0, 0.05) is 23.0 Å². The van der Waals surface area contributed by atoms with E-state index in [0.29, 0.717) is 12.1 Å². The zero-order valence-corrected chi connectivity index (χ0v) is 11.5. The molecular formula is C14H20N2OS. The van der Waals surface area contributed by atoms with Crippen LogP contribution in [0.1, 0.15) is 30.6 Å². The van der Waals surface area contributed by atoms with Gasteiger partial charge in [0.25, 0.3) is 0 Å². The second kappa shape index (κ2) is 6.71. The highest BCUT2D eigenvalue weighted by Crippen LogP contribution is 2.18. The normalized spacial score (nSPS) is 24.3. The predicted molar refractivity (Wildman–Crippen MR) is 76.6 cm³/mol. The molecule has 3 nitrogen and oxygen atoms in total. The molecular weight excluding hydrogens is 244 g/mol. The summed E-state index contributed by atoms with van der Waals surface area (Å²) in [5.41, 5.74) is 0. The molecule has 0 bridgehead atoms. The van der Waals surface area contributed by atoms with Crippen molar-refractivity contribution in [2.45, 2.75) is 37.8 Å². The van der Waals surface area contributed by atoms with Crippen molar-refractivity contribution in [2.24, 2.45) is 0 Å². The van der Waals surface area contributed by atoms with Gasteiger partial charge >= 0.3 is 0 Å². The van der Waals surface area contributed by atoms with Gasteiger partial charge in [0.2, 0.25) is 5.91 Å². The summed E-state index contributed by atoms with van der Waals surface area (Å²) in [5.74, 6) is 0.0244. The lowest BCUT2D eigenvalue weighted by Crippen LogP contribution is -2.40. The zero-order chi connectivity index (χ0) is 12.8. The molecule has 1 aromatic heterocycles. The third-order valence-electron chi connectivity index (χ3n) is 3.42. The van der Waals surface area contributed by atoms with Gasteiger partial charge in [-0.2, -0.15) is 0 Å². The first kappa shape index (κ1) is 13.3. The highest BCUT2D eigenvalue weighted by atomic mass is 32.1. The molecule has 1 heterocycles. The summed E-state index contributed by atoms with van der Waals surface area (Å²) in [7, 11) is 2.01. The maximum absolute atomic E-state index is 11.7. The molecule has 0 saturated heterocycles. The quantitative estimate of drug-likeness (QED) is 0.820. The minimum Gasteiger partial charge on any atom is -0.350 e. The monoisotopic (exact) mass is 264 g/mol. The van der Waals surface area contributed by atoms with E-state index in [-0.39, 0.29) is 5.91 Å². The molecule has 4 heteroatoms. The Morgan fingerprint density at radius 2 is 2.06 bits per heavy atom. The minimum absolute atomic E-state index is 0.0244. The predicted octanol–water partition coefficient (Wildman–Crippen LogP) is 2.41. The van der Waals surface area contributed by atoms with E-state index >= 15 is 0 Å². The Morgan fingerprint density at radius 1 is 1.33 bits per heavy atom. The van der Waals surface area contributed by atoms with E-state index in [1.165, 1.54) is 0 Å². The maximum atomic E-state index is 11.7. The van der Waals surface area contributed by atoms with Gasteiger partial charge in [0.05, 0.1) is 0 Å². The fourth-order valence-corrected chi connectivity index (χ4v) is 2.94. The summed E-state index contributed by atoms with van der Waals surface area (Å²) < 4.78 is 0. The third-order valence-corrected chi connectivity index (χ3v) is 4.26. The van der Waals surface area contributed by atoms with Crippen LogP contribution in [0.3, 0.4) is 0 Å². The number of carbonyl (C=O) groups excluding carboxylic acids is 1. The summed E-state index contributed by atoms with van der Waals surface area (Å²) in [6.07, 6.45) is 7.95. The van der Waals surface area contributed by atoms with Gasteiger partial charge in [-0.1, -0.05) is 6.07 Å². The van der Waals surface area contributed by atoms with Crippen molar-refractivity contribution < 1.29 is 4.79 Å². The van der Waals surface area contributed by atoms with Gasteiger partial charge in [0.15, 0.2) is 0 Å². The summed E-state index contributed by atoms with van der Waals surface area (Å²) in [5, 5.41) is 8.38. The lowest BCUT2D eigenvalue weighted by molar-refractivity contribution is -0.117. The molecule has 0 atom stereocenters. The summed E-state index contributed by atoms with van der Waals surface area (Å²) >= 11 is 1.64. The van der Waals surface area contributed by atoms with Gasteiger partial charge in [0.1, 0.15) is 0 Å². The van der Waals surface area contributed by atoms with Crippen molar-refractivity contribution in [3.05, 3.63) is 28.5 Å². The molecule has 0 spiro atoms. The Balaban J connectivity index is 1.75. The van der Waals surface area contributed by atoms with Crippen LogP contribution in [0.4, 0.5) is 0 Å². The van der Waals surface area contributed by atoms with E-state index < -0.39 is 0 Å². The Bertz CT molecular complexity index is 392. The van der Waals surface area contributed by atoms with Crippen LogP contribution in [0.25, 0.3) is 6.08 Å². The smallest absolute Gasteiger partial charge is 0.244 e. The molecule has 2 N–H and O–H groups in total. The molecule has 0 radical (unpaired) electrons. The number of hydrogen-bond donors (Lipinski definition) is 2. The lowest BCUT2D eigenvalue weighted by Gasteiger charge is -2.28. The highest BCUT2D eigenvalue weighted by molar-refractivity contribution is 7.10. The van der Waals surface area contributed by atoms with Crippen molar-refractivity contribution in [3.8, 4) is 0 Å². The summed E-state index contributed by atoms with van der Waals surface area (Å²) in [4.78, 5) is 12.9. The summed E-state index contributed by atoms with van der Waals surface area (Å²) in [6.45, 7) is 0.